The van der Waals surface area contributed by atoms with E-state index in [1.54, 1.807) is 37.2 Å². The van der Waals surface area contributed by atoms with Crippen molar-refractivity contribution in [2.24, 2.45) is 0 Å². The zero-order valence-electron chi connectivity index (χ0n) is 14.8. The highest BCUT2D eigenvalue weighted by molar-refractivity contribution is 5.95. The van der Waals surface area contributed by atoms with Gasteiger partial charge < -0.3 is 19.7 Å². The van der Waals surface area contributed by atoms with Crippen LogP contribution in [0, 0.1) is 0 Å². The number of piperidine rings is 1. The summed E-state index contributed by atoms with van der Waals surface area (Å²) in [6.45, 7) is 3.10. The number of fused-ring (bicyclic) bond motifs is 1. The molecule has 2 heterocycles. The van der Waals surface area contributed by atoms with Gasteiger partial charge in [0.25, 0.3) is 5.91 Å². The normalized spacial score (nSPS) is 17.8. The maximum Gasteiger partial charge on any atom is 0.251 e. The second-order valence-electron chi connectivity index (χ2n) is 6.67. The molecule has 0 unspecified atom stereocenters. The molecular weight excluding hydrogens is 322 g/mol. The number of amides is 2. The van der Waals surface area contributed by atoms with Crippen LogP contribution in [0.5, 0.6) is 11.5 Å². The van der Waals surface area contributed by atoms with Crippen LogP contribution in [-0.2, 0) is 4.79 Å². The van der Waals surface area contributed by atoms with Crippen molar-refractivity contribution in [3.8, 4) is 11.5 Å². The fourth-order valence-corrected chi connectivity index (χ4v) is 3.02. The van der Waals surface area contributed by atoms with E-state index >= 15 is 0 Å². The molecule has 7 nitrogen and oxygen atoms in total. The van der Waals surface area contributed by atoms with Gasteiger partial charge in [0.1, 0.15) is 13.2 Å². The molecule has 0 aromatic heterocycles. The van der Waals surface area contributed by atoms with Gasteiger partial charge in [-0.15, -0.1) is 0 Å². The Balaban J connectivity index is 1.50. The predicted molar refractivity (Wildman–Crippen MR) is 93.1 cm³/mol. The first-order chi connectivity index (χ1) is 12.0. The number of likely N-dealkylation sites (N-methyl/N-ethyl adjacent to an activating group) is 1. The summed E-state index contributed by atoms with van der Waals surface area (Å²) in [5, 5.41) is 3.08. The number of hydrogen-bond acceptors (Lipinski definition) is 5. The number of rotatable bonds is 4. The molecule has 25 heavy (non-hydrogen) atoms. The lowest BCUT2D eigenvalue weighted by Gasteiger charge is -2.32. The predicted octanol–water partition coefficient (Wildman–Crippen LogP) is 0.740. The van der Waals surface area contributed by atoms with Crippen LogP contribution in [-0.4, -0.2) is 74.6 Å². The Morgan fingerprint density at radius 3 is 2.52 bits per heavy atom. The topological polar surface area (TPSA) is 71.1 Å². The molecule has 2 aliphatic heterocycles. The highest BCUT2D eigenvalue weighted by Gasteiger charge is 2.23. The third kappa shape index (κ3) is 4.42. The summed E-state index contributed by atoms with van der Waals surface area (Å²) in [5.74, 6) is 1.32. The second kappa shape index (κ2) is 7.74. The lowest BCUT2D eigenvalue weighted by Crippen LogP contribution is -2.47. The van der Waals surface area contributed by atoms with E-state index in [2.05, 4.69) is 10.2 Å². The largest absolute Gasteiger partial charge is 0.486 e. The van der Waals surface area contributed by atoms with Gasteiger partial charge in [-0.3, -0.25) is 14.5 Å². The van der Waals surface area contributed by atoms with Crippen molar-refractivity contribution < 1.29 is 19.1 Å². The van der Waals surface area contributed by atoms with Crippen molar-refractivity contribution in [2.45, 2.75) is 18.9 Å². The van der Waals surface area contributed by atoms with Crippen molar-refractivity contribution in [1.82, 2.24) is 15.1 Å². The second-order valence-corrected chi connectivity index (χ2v) is 6.67. The Morgan fingerprint density at radius 2 is 1.84 bits per heavy atom. The summed E-state index contributed by atoms with van der Waals surface area (Å²) in [4.78, 5) is 28.0. The molecule has 0 radical (unpaired) electrons. The number of nitrogens with one attached hydrogen (secondary N) is 1. The van der Waals surface area contributed by atoms with Gasteiger partial charge >= 0.3 is 0 Å². The summed E-state index contributed by atoms with van der Waals surface area (Å²) in [7, 11) is 3.53. The zero-order valence-corrected chi connectivity index (χ0v) is 14.8. The maximum absolute atomic E-state index is 12.5. The van der Waals surface area contributed by atoms with Crippen LogP contribution in [0.4, 0.5) is 0 Å². The molecule has 1 fully saturated rings. The minimum absolute atomic E-state index is 0.0974. The molecule has 2 aliphatic rings. The smallest absolute Gasteiger partial charge is 0.251 e. The Labute approximate surface area is 147 Å². The molecule has 0 aliphatic carbocycles. The molecular formula is C18H25N3O4. The Morgan fingerprint density at radius 1 is 1.16 bits per heavy atom. The minimum atomic E-state index is -0.0974. The van der Waals surface area contributed by atoms with Crippen LogP contribution in [0.15, 0.2) is 18.2 Å². The van der Waals surface area contributed by atoms with Gasteiger partial charge in [0.05, 0.1) is 6.54 Å². The lowest BCUT2D eigenvalue weighted by molar-refractivity contribution is -0.130. The molecule has 2 amide bonds. The summed E-state index contributed by atoms with van der Waals surface area (Å²) < 4.78 is 11.0. The maximum atomic E-state index is 12.5. The van der Waals surface area contributed by atoms with Gasteiger partial charge in [-0.2, -0.15) is 0 Å². The van der Waals surface area contributed by atoms with E-state index in [1.807, 2.05) is 0 Å². The van der Waals surface area contributed by atoms with Crippen molar-refractivity contribution in [3.05, 3.63) is 23.8 Å². The van der Waals surface area contributed by atoms with Crippen molar-refractivity contribution in [3.63, 3.8) is 0 Å². The van der Waals surface area contributed by atoms with E-state index in [1.165, 1.54) is 0 Å². The monoisotopic (exact) mass is 347 g/mol. The van der Waals surface area contributed by atoms with Gasteiger partial charge in [0, 0.05) is 38.8 Å². The molecule has 1 N–H and O–H groups in total. The van der Waals surface area contributed by atoms with Crippen LogP contribution >= 0.6 is 0 Å². The first-order valence-electron chi connectivity index (χ1n) is 8.66. The molecule has 1 aromatic rings. The zero-order chi connectivity index (χ0) is 17.8. The molecule has 1 saturated heterocycles. The number of benzene rings is 1. The molecule has 0 spiro atoms. The number of hydrogen-bond donors (Lipinski definition) is 1. The summed E-state index contributed by atoms with van der Waals surface area (Å²) in [6.07, 6.45) is 1.69. The number of carbonyl (C=O) groups is 2. The molecule has 0 saturated carbocycles. The van der Waals surface area contributed by atoms with Gasteiger partial charge in [-0.05, 0) is 31.0 Å². The molecule has 1 aromatic carbocycles. The minimum Gasteiger partial charge on any atom is -0.486 e. The highest BCUT2D eigenvalue weighted by atomic mass is 16.6. The summed E-state index contributed by atoms with van der Waals surface area (Å²) in [6, 6.07) is 5.40. The van der Waals surface area contributed by atoms with E-state index in [0.29, 0.717) is 36.8 Å². The van der Waals surface area contributed by atoms with Crippen molar-refractivity contribution in [2.75, 3.05) is 46.9 Å². The lowest BCUT2D eigenvalue weighted by atomic mass is 10.0. The molecule has 7 heteroatoms. The quantitative estimate of drug-likeness (QED) is 0.870. The third-order valence-corrected chi connectivity index (χ3v) is 4.58. The van der Waals surface area contributed by atoms with Crippen LogP contribution in [0.3, 0.4) is 0 Å². The Hall–Kier alpha value is -2.28. The average molecular weight is 347 g/mol. The highest BCUT2D eigenvalue weighted by Crippen LogP contribution is 2.30. The van der Waals surface area contributed by atoms with Crippen molar-refractivity contribution in [1.29, 1.82) is 0 Å². The molecule has 0 atom stereocenters. The summed E-state index contributed by atoms with van der Waals surface area (Å²) in [5.41, 5.74) is 0.578. The van der Waals surface area contributed by atoms with E-state index in [-0.39, 0.29) is 17.9 Å². The Bertz CT molecular complexity index is 639. The number of nitrogens with zero attached hydrogens (tertiary/aromatic N) is 2. The van der Waals surface area contributed by atoms with Gasteiger partial charge in [-0.1, -0.05) is 0 Å². The van der Waals surface area contributed by atoms with Gasteiger partial charge in [-0.25, -0.2) is 0 Å². The molecule has 0 bridgehead atoms. The van der Waals surface area contributed by atoms with Crippen LogP contribution in [0.25, 0.3) is 0 Å². The first-order valence-corrected chi connectivity index (χ1v) is 8.66. The number of ether oxygens (including phenoxy) is 2. The van der Waals surface area contributed by atoms with Crippen molar-refractivity contribution >= 4 is 11.8 Å². The van der Waals surface area contributed by atoms with E-state index in [0.717, 1.165) is 25.9 Å². The van der Waals surface area contributed by atoms with Crippen LogP contribution in [0.1, 0.15) is 23.2 Å². The van der Waals surface area contributed by atoms with E-state index in [9.17, 15) is 9.59 Å². The van der Waals surface area contributed by atoms with Gasteiger partial charge in [0.2, 0.25) is 5.91 Å². The SMILES string of the molecule is CN(C)C(=O)CN1CCC(NC(=O)c2ccc3c(c2)OCCO3)CC1. The third-order valence-electron chi connectivity index (χ3n) is 4.58. The van der Waals surface area contributed by atoms with Gasteiger partial charge in [0.15, 0.2) is 11.5 Å². The van der Waals surface area contributed by atoms with Crippen LogP contribution < -0.4 is 14.8 Å². The average Bonchev–Trinajstić information content (AvgIpc) is 2.62. The van der Waals surface area contributed by atoms with E-state index in [4.69, 9.17) is 9.47 Å². The number of carbonyl (C=O) groups excluding carboxylic acids is 2. The fraction of sp³-hybridized carbons (Fsp3) is 0.556. The van der Waals surface area contributed by atoms with E-state index < -0.39 is 0 Å². The summed E-state index contributed by atoms with van der Waals surface area (Å²) >= 11 is 0. The van der Waals surface area contributed by atoms with Crippen LogP contribution in [0.2, 0.25) is 0 Å². The fourth-order valence-electron chi connectivity index (χ4n) is 3.02. The first kappa shape index (κ1) is 17.5. The molecule has 136 valence electrons. The number of likely N-dealkylation sites (tertiary alicyclic amines) is 1. The standard InChI is InChI=1S/C18H25N3O4/c1-20(2)17(22)12-21-7-5-14(6-8-21)19-18(23)13-3-4-15-16(11-13)25-10-9-24-15/h3-4,11,14H,5-10,12H2,1-2H3,(H,19,23). The Kier molecular flexibility index (Phi) is 5.43. The molecule has 3 rings (SSSR count).